The van der Waals surface area contributed by atoms with Crippen molar-refractivity contribution in [2.75, 3.05) is 39.1 Å². The number of rotatable bonds is 14. The number of carbonyl (C=O) groups excluding carboxylic acids is 2. The predicted octanol–water partition coefficient (Wildman–Crippen LogP) is 10.4. The van der Waals surface area contributed by atoms with Crippen LogP contribution < -0.4 is 29.6 Å². The van der Waals surface area contributed by atoms with Crippen molar-refractivity contribution in [3.63, 3.8) is 0 Å². The molecule has 4 N–H and O–H groups in total. The van der Waals surface area contributed by atoms with E-state index in [-0.39, 0.29) is 11.6 Å². The van der Waals surface area contributed by atoms with Crippen molar-refractivity contribution < 1.29 is 28.5 Å². The van der Waals surface area contributed by atoms with Gasteiger partial charge in [-0.25, -0.2) is 0 Å². The number of nitrogens with one attached hydrogen (secondary N) is 4. The molecule has 2 unspecified atom stereocenters. The van der Waals surface area contributed by atoms with Gasteiger partial charge in [0.15, 0.2) is 11.6 Å². The lowest BCUT2D eigenvalue weighted by Gasteiger charge is -2.20. The number of H-pyrrole nitrogens is 2. The SMILES string of the molecule is COc1cc(NC(C(=O)c2c[nH]c3ccccc23)c2ccccc2)cc(OC)c1.COc1cc(NC(C(=O)c2c[nH]c3ccccc23)c2ccccc2)cc(OC)c1. The van der Waals surface area contributed by atoms with Gasteiger partial charge in [-0.05, 0) is 23.3 Å². The highest BCUT2D eigenvalue weighted by atomic mass is 16.5. The smallest absolute Gasteiger partial charge is 0.191 e. The molecule has 0 aliphatic rings. The minimum atomic E-state index is -0.563. The fourth-order valence-corrected chi connectivity index (χ4v) is 6.87. The van der Waals surface area contributed by atoms with E-state index in [0.717, 1.165) is 44.3 Å². The van der Waals surface area contributed by atoms with Crippen molar-refractivity contribution in [1.82, 2.24) is 9.97 Å². The van der Waals surface area contributed by atoms with E-state index in [0.29, 0.717) is 34.1 Å². The number of methoxy groups -OCH3 is 4. The topological polar surface area (TPSA) is 127 Å². The second-order valence-corrected chi connectivity index (χ2v) is 13.4. The van der Waals surface area contributed by atoms with Gasteiger partial charge in [0.2, 0.25) is 0 Å². The Labute approximate surface area is 336 Å². The summed E-state index contributed by atoms with van der Waals surface area (Å²) < 4.78 is 21.5. The van der Waals surface area contributed by atoms with Gasteiger partial charge in [-0.3, -0.25) is 9.59 Å². The summed E-state index contributed by atoms with van der Waals surface area (Å²) in [5, 5.41) is 8.56. The summed E-state index contributed by atoms with van der Waals surface area (Å²) in [6.07, 6.45) is 3.55. The van der Waals surface area contributed by atoms with Crippen LogP contribution in [-0.2, 0) is 0 Å². The first kappa shape index (κ1) is 38.8. The highest BCUT2D eigenvalue weighted by Crippen LogP contribution is 2.33. The molecule has 0 spiro atoms. The molecule has 0 bridgehead atoms. The van der Waals surface area contributed by atoms with Crippen LogP contribution in [-0.4, -0.2) is 50.0 Å². The monoisotopic (exact) mass is 772 g/mol. The van der Waals surface area contributed by atoms with Crippen LogP contribution >= 0.6 is 0 Å². The molecule has 10 heteroatoms. The molecule has 0 radical (unpaired) electrons. The Morgan fingerprint density at radius 2 is 0.776 bits per heavy atom. The van der Waals surface area contributed by atoms with E-state index in [4.69, 9.17) is 18.9 Å². The average molecular weight is 773 g/mol. The van der Waals surface area contributed by atoms with Crippen molar-refractivity contribution >= 4 is 44.7 Å². The molecule has 8 rings (SSSR count). The van der Waals surface area contributed by atoms with Crippen molar-refractivity contribution in [2.24, 2.45) is 0 Å². The molecule has 2 heterocycles. The van der Waals surface area contributed by atoms with E-state index in [9.17, 15) is 9.59 Å². The van der Waals surface area contributed by atoms with Crippen LogP contribution in [0.1, 0.15) is 43.9 Å². The molecule has 0 saturated carbocycles. The number of aromatic nitrogens is 2. The normalized spacial score (nSPS) is 11.8. The lowest BCUT2D eigenvalue weighted by molar-refractivity contribution is 0.0963. The molecule has 8 aromatic rings. The first-order chi connectivity index (χ1) is 28.4. The number of Topliss-reactive ketones (excluding diaryl/α,β-unsaturated/α-hetero) is 2. The lowest BCUT2D eigenvalue weighted by Crippen LogP contribution is -2.21. The van der Waals surface area contributed by atoms with Gasteiger partial charge in [0.05, 0.1) is 28.4 Å². The number of ether oxygens (including phenoxy) is 4. The summed E-state index contributed by atoms with van der Waals surface area (Å²) in [5.41, 5.74) is 6.41. The number of fused-ring (bicyclic) bond motifs is 2. The van der Waals surface area contributed by atoms with Gasteiger partial charge in [-0.2, -0.15) is 0 Å². The molecule has 0 amide bonds. The molecule has 10 nitrogen and oxygen atoms in total. The van der Waals surface area contributed by atoms with Gasteiger partial charge in [0.25, 0.3) is 0 Å². The molecule has 0 aliphatic heterocycles. The Balaban J connectivity index is 0.000000177. The zero-order chi connectivity index (χ0) is 40.4. The summed E-state index contributed by atoms with van der Waals surface area (Å²) in [6.45, 7) is 0. The molecule has 0 saturated heterocycles. The van der Waals surface area contributed by atoms with Gasteiger partial charge < -0.3 is 39.5 Å². The Bertz CT molecular complexity index is 2410. The largest absolute Gasteiger partial charge is 0.497 e. The van der Waals surface area contributed by atoms with E-state index >= 15 is 0 Å². The van der Waals surface area contributed by atoms with Crippen molar-refractivity contribution in [1.29, 1.82) is 0 Å². The Hall–Kier alpha value is -7.46. The third kappa shape index (κ3) is 8.66. The zero-order valence-corrected chi connectivity index (χ0v) is 32.6. The highest BCUT2D eigenvalue weighted by Gasteiger charge is 2.26. The van der Waals surface area contributed by atoms with Gasteiger partial charge in [-0.15, -0.1) is 0 Å². The minimum Gasteiger partial charge on any atom is -0.497 e. The van der Waals surface area contributed by atoms with Crippen molar-refractivity contribution in [3.8, 4) is 23.0 Å². The van der Waals surface area contributed by atoms with Gasteiger partial charge >= 0.3 is 0 Å². The van der Waals surface area contributed by atoms with E-state index in [1.165, 1.54) is 0 Å². The van der Waals surface area contributed by atoms with Crippen LogP contribution in [0.4, 0.5) is 11.4 Å². The quantitative estimate of drug-likeness (QED) is 0.0805. The van der Waals surface area contributed by atoms with E-state index in [2.05, 4.69) is 20.6 Å². The standard InChI is InChI=1S/2C24H22N2O3/c2*1-28-18-12-17(13-19(14-18)29-2)26-23(16-8-4-3-5-9-16)24(27)21-15-25-22-11-7-6-10-20(21)22/h2*3-15,23,25-26H,1-2H3. The zero-order valence-electron chi connectivity index (χ0n) is 32.6. The second-order valence-electron chi connectivity index (χ2n) is 13.4. The first-order valence-electron chi connectivity index (χ1n) is 18.7. The summed E-state index contributed by atoms with van der Waals surface area (Å²) in [4.78, 5) is 33.6. The predicted molar refractivity (Wildman–Crippen MR) is 230 cm³/mol. The summed E-state index contributed by atoms with van der Waals surface area (Å²) in [5.74, 6) is 2.57. The number of ketones is 2. The fourth-order valence-electron chi connectivity index (χ4n) is 6.87. The van der Waals surface area contributed by atoms with E-state index < -0.39 is 12.1 Å². The fraction of sp³-hybridized carbons (Fsp3) is 0.125. The molecule has 58 heavy (non-hydrogen) atoms. The van der Waals surface area contributed by atoms with E-state index in [1.807, 2.05) is 133 Å². The van der Waals surface area contributed by atoms with Gasteiger partial charge in [0, 0.05) is 93.1 Å². The maximum atomic E-state index is 13.6. The number of hydrogen-bond acceptors (Lipinski definition) is 8. The molecule has 2 aromatic heterocycles. The Morgan fingerprint density at radius 3 is 1.12 bits per heavy atom. The average Bonchev–Trinajstić information content (AvgIpc) is 3.92. The number of para-hydroxylation sites is 2. The third-order valence-corrected chi connectivity index (χ3v) is 9.82. The van der Waals surface area contributed by atoms with Crippen molar-refractivity contribution in [3.05, 3.63) is 180 Å². The molecule has 6 aromatic carbocycles. The maximum absolute atomic E-state index is 13.6. The molecular weight excluding hydrogens is 729 g/mol. The van der Waals surface area contributed by atoms with Gasteiger partial charge in [0.1, 0.15) is 35.1 Å². The number of carbonyl (C=O) groups is 2. The summed E-state index contributed by atoms with van der Waals surface area (Å²) in [6, 6.07) is 44.8. The second kappa shape index (κ2) is 18.0. The number of anilines is 2. The molecular formula is C48H44N4O6. The maximum Gasteiger partial charge on any atom is 0.191 e. The molecule has 0 aliphatic carbocycles. The highest BCUT2D eigenvalue weighted by molar-refractivity contribution is 6.12. The van der Waals surface area contributed by atoms with Crippen LogP contribution in [0.3, 0.4) is 0 Å². The molecule has 292 valence electrons. The number of benzene rings is 6. The minimum absolute atomic E-state index is 0.0181. The first-order valence-corrected chi connectivity index (χ1v) is 18.7. The summed E-state index contributed by atoms with van der Waals surface area (Å²) >= 11 is 0. The Morgan fingerprint density at radius 1 is 0.448 bits per heavy atom. The van der Waals surface area contributed by atoms with Crippen LogP contribution in [0, 0.1) is 0 Å². The number of hydrogen-bond donors (Lipinski definition) is 4. The van der Waals surface area contributed by atoms with E-state index in [1.54, 1.807) is 53.0 Å². The lowest BCUT2D eigenvalue weighted by atomic mass is 9.96. The Kier molecular flexibility index (Phi) is 12.0. The van der Waals surface area contributed by atoms with Gasteiger partial charge in [-0.1, -0.05) is 97.1 Å². The number of aromatic amines is 2. The van der Waals surface area contributed by atoms with Crippen LogP contribution in [0.15, 0.2) is 158 Å². The molecule has 0 fully saturated rings. The molecule has 2 atom stereocenters. The summed E-state index contributed by atoms with van der Waals surface area (Å²) in [7, 11) is 6.41. The third-order valence-electron chi connectivity index (χ3n) is 9.82. The van der Waals surface area contributed by atoms with Crippen LogP contribution in [0.2, 0.25) is 0 Å². The van der Waals surface area contributed by atoms with Crippen LogP contribution in [0.25, 0.3) is 21.8 Å². The van der Waals surface area contributed by atoms with Crippen LogP contribution in [0.5, 0.6) is 23.0 Å². The van der Waals surface area contributed by atoms with Crippen molar-refractivity contribution in [2.45, 2.75) is 12.1 Å².